The van der Waals surface area contributed by atoms with Gasteiger partial charge in [-0.1, -0.05) is 12.1 Å². The van der Waals surface area contributed by atoms with Crippen LogP contribution in [-0.2, 0) is 0 Å². The van der Waals surface area contributed by atoms with Crippen molar-refractivity contribution < 1.29 is 13.5 Å². The van der Waals surface area contributed by atoms with Gasteiger partial charge in [0.2, 0.25) is 0 Å². The highest BCUT2D eigenvalue weighted by molar-refractivity contribution is 5.31. The van der Waals surface area contributed by atoms with Crippen LogP contribution >= 0.6 is 0 Å². The fourth-order valence-electron chi connectivity index (χ4n) is 1.48. The fraction of sp³-hybridized carbons (Fsp3) is 0.400. The van der Waals surface area contributed by atoms with Crippen LogP contribution in [0.25, 0.3) is 0 Å². The van der Waals surface area contributed by atoms with E-state index in [1.807, 2.05) is 6.07 Å². The summed E-state index contributed by atoms with van der Waals surface area (Å²) in [6.45, 7) is -1.76. The van der Waals surface area contributed by atoms with Gasteiger partial charge >= 0.3 is 6.61 Å². The van der Waals surface area contributed by atoms with Crippen molar-refractivity contribution in [3.63, 3.8) is 0 Å². The Labute approximate surface area is 80.9 Å². The van der Waals surface area contributed by atoms with E-state index >= 15 is 0 Å². The molecule has 0 aromatic heterocycles. The SMILES string of the molecule is FC(F)Oc1cccc([C@H]2CCN2)c1. The third-order valence-electron chi connectivity index (χ3n) is 2.31. The summed E-state index contributed by atoms with van der Waals surface area (Å²) in [6, 6.07) is 7.13. The average Bonchev–Trinajstić information content (AvgIpc) is 1.99. The van der Waals surface area contributed by atoms with Crippen molar-refractivity contribution in [1.29, 1.82) is 0 Å². The summed E-state index contributed by atoms with van der Waals surface area (Å²) in [5.74, 6) is 0.228. The Balaban J connectivity index is 2.09. The molecule has 1 aliphatic rings. The molecule has 1 aromatic carbocycles. The van der Waals surface area contributed by atoms with Crippen LogP contribution in [-0.4, -0.2) is 13.2 Å². The van der Waals surface area contributed by atoms with Crippen molar-refractivity contribution in [3.05, 3.63) is 29.8 Å². The van der Waals surface area contributed by atoms with E-state index in [1.54, 1.807) is 12.1 Å². The highest BCUT2D eigenvalue weighted by atomic mass is 19.3. The number of ether oxygens (including phenoxy) is 1. The topological polar surface area (TPSA) is 21.3 Å². The summed E-state index contributed by atoms with van der Waals surface area (Å²) in [4.78, 5) is 0. The first-order chi connectivity index (χ1) is 6.75. The summed E-state index contributed by atoms with van der Waals surface area (Å²) in [6.07, 6.45) is 1.05. The first kappa shape index (κ1) is 9.40. The van der Waals surface area contributed by atoms with Crippen molar-refractivity contribution in [2.24, 2.45) is 0 Å². The highest BCUT2D eigenvalue weighted by Crippen LogP contribution is 2.26. The lowest BCUT2D eigenvalue weighted by Gasteiger charge is -2.28. The Morgan fingerprint density at radius 3 is 2.79 bits per heavy atom. The predicted molar refractivity (Wildman–Crippen MR) is 48.4 cm³/mol. The maximum Gasteiger partial charge on any atom is 0.387 e. The zero-order valence-electron chi connectivity index (χ0n) is 7.54. The molecule has 1 heterocycles. The van der Waals surface area contributed by atoms with Crippen LogP contribution in [0.1, 0.15) is 18.0 Å². The van der Waals surface area contributed by atoms with E-state index in [2.05, 4.69) is 10.1 Å². The van der Waals surface area contributed by atoms with Crippen molar-refractivity contribution in [3.8, 4) is 5.75 Å². The first-order valence-electron chi connectivity index (χ1n) is 4.54. The van der Waals surface area contributed by atoms with E-state index in [0.717, 1.165) is 18.5 Å². The van der Waals surface area contributed by atoms with Crippen LogP contribution in [0.2, 0.25) is 0 Å². The molecule has 1 N–H and O–H groups in total. The third kappa shape index (κ3) is 2.01. The molecule has 1 aliphatic heterocycles. The van der Waals surface area contributed by atoms with E-state index in [4.69, 9.17) is 0 Å². The second kappa shape index (κ2) is 3.92. The van der Waals surface area contributed by atoms with Gasteiger partial charge in [-0.05, 0) is 30.7 Å². The van der Waals surface area contributed by atoms with Crippen molar-refractivity contribution in [2.45, 2.75) is 19.1 Å². The molecule has 4 heteroatoms. The van der Waals surface area contributed by atoms with E-state index in [0.29, 0.717) is 6.04 Å². The standard InChI is InChI=1S/C10H11F2NO/c11-10(12)14-8-3-1-2-7(6-8)9-4-5-13-9/h1-3,6,9-10,13H,4-5H2/t9-/m1/s1. The van der Waals surface area contributed by atoms with Gasteiger partial charge in [0.1, 0.15) is 5.75 Å². The normalized spacial score (nSPS) is 20.6. The average molecular weight is 199 g/mol. The molecule has 2 nitrogen and oxygen atoms in total. The van der Waals surface area contributed by atoms with Gasteiger partial charge in [0.25, 0.3) is 0 Å². The Morgan fingerprint density at radius 1 is 1.43 bits per heavy atom. The number of alkyl halides is 2. The molecule has 1 fully saturated rings. The van der Waals surface area contributed by atoms with Gasteiger partial charge in [-0.15, -0.1) is 0 Å². The minimum atomic E-state index is -2.75. The lowest BCUT2D eigenvalue weighted by Crippen LogP contribution is -2.34. The molecule has 14 heavy (non-hydrogen) atoms. The molecular formula is C10H11F2NO. The van der Waals surface area contributed by atoms with Crippen LogP contribution in [0.3, 0.4) is 0 Å². The fourth-order valence-corrected chi connectivity index (χ4v) is 1.48. The molecule has 0 saturated carbocycles. The molecule has 0 aliphatic carbocycles. The summed E-state index contributed by atoms with van der Waals surface area (Å²) in [7, 11) is 0. The van der Waals surface area contributed by atoms with Crippen LogP contribution in [0.4, 0.5) is 8.78 Å². The minimum absolute atomic E-state index is 0.228. The quantitative estimate of drug-likeness (QED) is 0.806. The van der Waals surface area contributed by atoms with Crippen molar-refractivity contribution >= 4 is 0 Å². The summed E-state index contributed by atoms with van der Waals surface area (Å²) in [5, 5.41) is 3.20. The van der Waals surface area contributed by atoms with E-state index < -0.39 is 6.61 Å². The molecule has 76 valence electrons. The monoisotopic (exact) mass is 199 g/mol. The van der Waals surface area contributed by atoms with E-state index in [1.165, 1.54) is 6.07 Å². The van der Waals surface area contributed by atoms with Crippen LogP contribution in [0, 0.1) is 0 Å². The number of hydrogen-bond acceptors (Lipinski definition) is 2. The molecule has 1 aromatic rings. The number of halogens is 2. The van der Waals surface area contributed by atoms with Crippen molar-refractivity contribution in [1.82, 2.24) is 5.32 Å². The van der Waals surface area contributed by atoms with Gasteiger partial charge in [-0.3, -0.25) is 0 Å². The Kier molecular flexibility index (Phi) is 2.63. The lowest BCUT2D eigenvalue weighted by molar-refractivity contribution is -0.0499. The number of nitrogens with one attached hydrogen (secondary N) is 1. The van der Waals surface area contributed by atoms with Gasteiger partial charge in [0.15, 0.2) is 0 Å². The smallest absolute Gasteiger partial charge is 0.387 e. The predicted octanol–water partition coefficient (Wildman–Crippen LogP) is 2.32. The van der Waals surface area contributed by atoms with Gasteiger partial charge in [-0.25, -0.2) is 0 Å². The van der Waals surface area contributed by atoms with Crippen LogP contribution in [0.5, 0.6) is 5.75 Å². The lowest BCUT2D eigenvalue weighted by atomic mass is 9.98. The molecule has 0 unspecified atom stereocenters. The van der Waals surface area contributed by atoms with Gasteiger partial charge in [-0.2, -0.15) is 8.78 Å². The maximum absolute atomic E-state index is 11.9. The molecule has 0 spiro atoms. The summed E-state index contributed by atoms with van der Waals surface area (Å²) < 4.78 is 28.1. The molecule has 0 amide bonds. The Bertz CT molecular complexity index is 313. The van der Waals surface area contributed by atoms with Gasteiger partial charge in [0, 0.05) is 6.04 Å². The van der Waals surface area contributed by atoms with E-state index in [9.17, 15) is 8.78 Å². The molecule has 1 atom stereocenters. The molecule has 0 bridgehead atoms. The summed E-state index contributed by atoms with van der Waals surface area (Å²) >= 11 is 0. The van der Waals surface area contributed by atoms with E-state index in [-0.39, 0.29) is 5.75 Å². The molecule has 1 saturated heterocycles. The Morgan fingerprint density at radius 2 is 2.21 bits per heavy atom. The second-order valence-corrected chi connectivity index (χ2v) is 3.25. The van der Waals surface area contributed by atoms with Gasteiger partial charge in [0.05, 0.1) is 0 Å². The second-order valence-electron chi connectivity index (χ2n) is 3.25. The summed E-state index contributed by atoms with van der Waals surface area (Å²) in [5.41, 5.74) is 1.01. The molecule has 2 rings (SSSR count). The van der Waals surface area contributed by atoms with Crippen LogP contribution in [0.15, 0.2) is 24.3 Å². The minimum Gasteiger partial charge on any atom is -0.435 e. The zero-order valence-corrected chi connectivity index (χ0v) is 7.54. The number of hydrogen-bond donors (Lipinski definition) is 1. The maximum atomic E-state index is 11.9. The van der Waals surface area contributed by atoms with Crippen molar-refractivity contribution in [2.75, 3.05) is 6.54 Å². The third-order valence-corrected chi connectivity index (χ3v) is 2.31. The highest BCUT2D eigenvalue weighted by Gasteiger charge is 2.18. The first-order valence-corrected chi connectivity index (χ1v) is 4.54. The molecule has 0 radical (unpaired) electrons. The largest absolute Gasteiger partial charge is 0.435 e. The van der Waals surface area contributed by atoms with Crippen LogP contribution < -0.4 is 10.1 Å². The molecular weight excluding hydrogens is 188 g/mol. The number of benzene rings is 1. The van der Waals surface area contributed by atoms with Gasteiger partial charge < -0.3 is 10.1 Å². The Hall–Kier alpha value is -1.16. The number of rotatable bonds is 3. The zero-order chi connectivity index (χ0) is 9.97.